The Labute approximate surface area is 437 Å². The Bertz CT molecular complexity index is 1310. The fraction of sp³-hybridized carbons (Fsp3) is 0.891. The van der Waals surface area contributed by atoms with Gasteiger partial charge in [-0.1, -0.05) is 6.42 Å². The molecule has 1 saturated heterocycles. The van der Waals surface area contributed by atoms with Gasteiger partial charge in [0.1, 0.15) is 11.7 Å². The van der Waals surface area contributed by atoms with Gasteiger partial charge in [-0.2, -0.15) is 5.26 Å². The van der Waals surface area contributed by atoms with Crippen molar-refractivity contribution in [1.82, 2.24) is 10.2 Å². The van der Waals surface area contributed by atoms with Gasteiger partial charge in [0.2, 0.25) is 12.0 Å². The highest BCUT2D eigenvalue weighted by Crippen LogP contribution is 2.22. The van der Waals surface area contributed by atoms with Crippen LogP contribution in [-0.2, 0) is 67.5 Å². The van der Waals surface area contributed by atoms with Gasteiger partial charge >= 0.3 is 41.2 Å². The van der Waals surface area contributed by atoms with E-state index in [4.69, 9.17) is 58.4 Å². The molecular weight excluding hydrogens is 1010 g/mol. The largest absolute Gasteiger partial charge is 0.500 e. The number of likely N-dealkylation sites (tertiary alicyclic amines) is 1. The maximum Gasteiger partial charge on any atom is 0.500 e. The van der Waals surface area contributed by atoms with Gasteiger partial charge in [0, 0.05) is 135 Å². The van der Waals surface area contributed by atoms with Gasteiger partial charge in [-0.15, -0.1) is 0 Å². The maximum absolute atomic E-state index is 12.2. The van der Waals surface area contributed by atoms with Crippen LogP contribution in [0.3, 0.4) is 0 Å². The van der Waals surface area contributed by atoms with Crippen molar-refractivity contribution >= 4 is 71.3 Å². The number of amides is 3. The van der Waals surface area contributed by atoms with Crippen molar-refractivity contribution in [3.8, 4) is 5.40 Å². The van der Waals surface area contributed by atoms with Gasteiger partial charge in [-0.25, -0.2) is 14.6 Å². The highest BCUT2D eigenvalue weighted by molar-refractivity contribution is 8.03. The molecule has 1 aliphatic heterocycles. The Hall–Kier alpha value is -1.78. The van der Waals surface area contributed by atoms with E-state index < -0.39 is 35.2 Å². The molecule has 418 valence electrons. The van der Waals surface area contributed by atoms with Gasteiger partial charge in [0.05, 0.1) is 6.54 Å². The highest BCUT2D eigenvalue weighted by Gasteiger charge is 2.42. The molecular formula is C46H96N4O16SSi4. The molecule has 0 aliphatic carbocycles. The van der Waals surface area contributed by atoms with Gasteiger partial charge in [0.25, 0.3) is 0 Å². The Morgan fingerprint density at radius 3 is 1.31 bits per heavy atom. The topological polar surface area (TPSA) is 230 Å². The number of urea groups is 1. The van der Waals surface area contributed by atoms with E-state index in [-0.39, 0.29) is 11.9 Å². The zero-order valence-electron chi connectivity index (χ0n) is 45.9. The lowest BCUT2D eigenvalue weighted by Gasteiger charge is -2.28. The first-order valence-electron chi connectivity index (χ1n) is 26.0. The second kappa shape index (κ2) is 50.4. The normalized spacial score (nSPS) is 13.0. The second-order valence-electron chi connectivity index (χ2n) is 14.8. The summed E-state index contributed by atoms with van der Waals surface area (Å²) in [4.78, 5) is 49.1. The fourth-order valence-corrected chi connectivity index (χ4v) is 18.1. The summed E-state index contributed by atoms with van der Waals surface area (Å²) in [6.07, 6.45) is 9.28. The quantitative estimate of drug-likeness (QED) is 0.0151. The molecule has 0 spiro atoms. The van der Waals surface area contributed by atoms with E-state index in [1.807, 2.05) is 83.1 Å². The molecule has 0 aromatic rings. The summed E-state index contributed by atoms with van der Waals surface area (Å²) in [5, 5.41) is 13.3. The molecule has 25 heteroatoms. The van der Waals surface area contributed by atoms with Crippen molar-refractivity contribution in [3.63, 3.8) is 0 Å². The molecule has 3 amide bonds. The van der Waals surface area contributed by atoms with E-state index in [9.17, 15) is 19.2 Å². The van der Waals surface area contributed by atoms with Crippen molar-refractivity contribution < 1.29 is 72.3 Å². The summed E-state index contributed by atoms with van der Waals surface area (Å²) in [6, 6.07) is 2.56. The van der Waals surface area contributed by atoms with Crippen LogP contribution in [0.5, 0.6) is 0 Å². The van der Waals surface area contributed by atoms with Crippen LogP contribution < -0.4 is 5.32 Å². The number of isocyanates is 1. The number of thioether (sulfide) groups is 1. The predicted octanol–water partition coefficient (Wildman–Crippen LogP) is 8.95. The van der Waals surface area contributed by atoms with Crippen molar-refractivity contribution in [2.75, 3.05) is 105 Å². The first-order valence-corrected chi connectivity index (χ1v) is 34.8. The molecule has 0 unspecified atom stereocenters. The summed E-state index contributed by atoms with van der Waals surface area (Å²) in [5.74, 6) is 0.727. The second-order valence-corrected chi connectivity index (χ2v) is 26.6. The van der Waals surface area contributed by atoms with E-state index in [1.165, 1.54) is 22.7 Å². The number of rotatable bonds is 40. The number of aldehydes is 1. The lowest BCUT2D eigenvalue weighted by molar-refractivity contribution is -0.127. The van der Waals surface area contributed by atoms with E-state index in [0.717, 1.165) is 62.7 Å². The third-order valence-corrected chi connectivity index (χ3v) is 22.8. The number of carbonyl (C=O) groups is 3. The van der Waals surface area contributed by atoms with Crippen molar-refractivity contribution in [1.29, 1.82) is 5.26 Å². The molecule has 0 aromatic heterocycles. The monoisotopic (exact) mass is 1100 g/mol. The number of imide groups is 1. The lowest BCUT2D eigenvalue weighted by atomic mass is 10.2. The Morgan fingerprint density at radius 1 is 0.592 bits per heavy atom. The third kappa shape index (κ3) is 36.8. The van der Waals surface area contributed by atoms with Crippen molar-refractivity contribution in [2.24, 2.45) is 4.99 Å². The molecule has 1 fully saturated rings. The SMILES string of the molecule is CCO[Si](CCCC=O)(OCC)OCC.CCO[Si](CCCN=C=O)(OCC)OCC.CCO[Si](CCCNC(=O)N1CCCCCC1=O)(OCC)OCC.CCO[Si](CCCSC#N)(OCC)OCC. The van der Waals surface area contributed by atoms with E-state index in [1.54, 1.807) is 0 Å². The first-order chi connectivity index (χ1) is 34.3. The zero-order valence-corrected chi connectivity index (χ0v) is 50.7. The number of hydrogen-bond acceptors (Lipinski definition) is 19. The molecule has 1 heterocycles. The minimum atomic E-state index is -2.66. The highest BCUT2D eigenvalue weighted by atomic mass is 32.2. The molecule has 0 saturated carbocycles. The molecule has 71 heavy (non-hydrogen) atoms. The number of nitrogens with one attached hydrogen (secondary N) is 1. The minimum absolute atomic E-state index is 0.0772. The van der Waals surface area contributed by atoms with Gasteiger partial charge in [-0.3, -0.25) is 9.69 Å². The van der Waals surface area contributed by atoms with E-state index >= 15 is 0 Å². The number of nitriles is 1. The molecule has 0 atom stereocenters. The smallest absolute Gasteiger partial charge is 0.374 e. The van der Waals surface area contributed by atoms with Crippen LogP contribution in [0.4, 0.5) is 4.79 Å². The van der Waals surface area contributed by atoms with Gasteiger partial charge < -0.3 is 63.2 Å². The van der Waals surface area contributed by atoms with Crippen LogP contribution >= 0.6 is 11.8 Å². The standard InChI is InChI=1S/C16H32N2O5Si.C10H21NO4Si.C10H21NO3SSi.C10H22O4Si/c1-4-21-24(22-5-2,23-6-3)14-10-12-17-16(20)18-13-9-7-8-11-15(18)19;1-4-13-16(14-5-2,15-6-3)9-7-8-11-10-12;1-4-12-16(13-5-2,14-6-3)9-7-8-15-10-11;1-4-12-15(13-5-2,14-6-3)10-8-7-9-11/h4-14H2,1-3H3,(H,17,20);2*4-9H2,1-3H3;9H,4-8,10H2,1-3H3. The minimum Gasteiger partial charge on any atom is -0.374 e. The molecule has 1 N–H and O–H groups in total. The molecule has 0 aromatic carbocycles. The first kappa shape index (κ1) is 73.5. The number of nitrogens with zero attached hydrogens (tertiary/aromatic N) is 3. The number of thiocyanates is 1. The number of hydrogen-bond donors (Lipinski definition) is 1. The molecule has 1 rings (SSSR count). The van der Waals surface area contributed by atoms with Gasteiger partial charge in [-0.05, 0) is 133 Å². The molecule has 20 nitrogen and oxygen atoms in total. The average Bonchev–Trinajstić information content (AvgIpc) is 3.56. The van der Waals surface area contributed by atoms with Crippen LogP contribution in [0, 0.1) is 10.7 Å². The Balaban J connectivity index is -0.000000888. The zero-order chi connectivity index (χ0) is 54.0. The van der Waals surface area contributed by atoms with E-state index in [0.29, 0.717) is 130 Å². The van der Waals surface area contributed by atoms with Crippen LogP contribution in [0.15, 0.2) is 4.99 Å². The van der Waals surface area contributed by atoms with Crippen LogP contribution in [0.2, 0.25) is 24.2 Å². The summed E-state index contributed by atoms with van der Waals surface area (Å²) in [5.41, 5.74) is 0. The predicted molar refractivity (Wildman–Crippen MR) is 286 cm³/mol. The Kier molecular flexibility index (Phi) is 52.1. The number of carbonyl (C=O) groups excluding carboxylic acids is 4. The van der Waals surface area contributed by atoms with Crippen molar-refractivity contribution in [3.05, 3.63) is 0 Å². The summed E-state index contributed by atoms with van der Waals surface area (Å²) in [7, 11) is -10.2. The summed E-state index contributed by atoms with van der Waals surface area (Å²) < 4.78 is 68.3. The maximum atomic E-state index is 12.2. The van der Waals surface area contributed by atoms with Crippen LogP contribution in [-0.4, -0.2) is 169 Å². The average molecular weight is 1110 g/mol. The lowest BCUT2D eigenvalue weighted by Crippen LogP contribution is -2.47. The molecule has 0 radical (unpaired) electrons. The fourth-order valence-electron chi connectivity index (χ4n) is 7.03. The molecule has 0 bridgehead atoms. The van der Waals surface area contributed by atoms with E-state index in [2.05, 4.69) is 15.7 Å². The van der Waals surface area contributed by atoms with Crippen LogP contribution in [0.25, 0.3) is 0 Å². The number of unbranched alkanes of at least 4 members (excludes halogenated alkanes) is 1. The molecule has 1 aliphatic rings. The summed E-state index contributed by atoms with van der Waals surface area (Å²) >= 11 is 1.26. The summed E-state index contributed by atoms with van der Waals surface area (Å²) in [6.45, 7) is 31.5. The van der Waals surface area contributed by atoms with Crippen LogP contribution in [0.1, 0.15) is 141 Å². The Morgan fingerprint density at radius 2 is 0.958 bits per heavy atom. The third-order valence-electron chi connectivity index (χ3n) is 9.54. The number of aliphatic imine (C=N–C) groups is 1. The van der Waals surface area contributed by atoms with Crippen molar-refractivity contribution in [2.45, 2.75) is 165 Å². The van der Waals surface area contributed by atoms with Gasteiger partial charge in [0.15, 0.2) is 0 Å².